The molecule has 9 heteroatoms. The predicted octanol–water partition coefficient (Wildman–Crippen LogP) is 3.61. The molecule has 0 spiro atoms. The number of fused-ring (bicyclic) bond motifs is 2. The van der Waals surface area contributed by atoms with Gasteiger partial charge in [0.2, 0.25) is 5.91 Å². The van der Waals surface area contributed by atoms with Crippen LogP contribution in [-0.2, 0) is 38.1 Å². The first kappa shape index (κ1) is 23.1. The highest BCUT2D eigenvalue weighted by molar-refractivity contribution is 5.84. The van der Waals surface area contributed by atoms with E-state index in [0.29, 0.717) is 55.7 Å². The number of ether oxygens (including phenoxy) is 3. The number of aromatic nitrogens is 1. The maximum atomic E-state index is 13.8. The van der Waals surface area contributed by atoms with E-state index in [4.69, 9.17) is 14.2 Å². The Kier molecular flexibility index (Phi) is 6.16. The van der Waals surface area contributed by atoms with Crippen LogP contribution < -0.4 is 0 Å². The molecule has 0 aromatic carbocycles. The fourth-order valence-electron chi connectivity index (χ4n) is 6.43. The topological polar surface area (TPSA) is 60.9 Å². The van der Waals surface area contributed by atoms with Gasteiger partial charge in [0, 0.05) is 51.7 Å². The van der Waals surface area contributed by atoms with Crippen molar-refractivity contribution in [2.24, 2.45) is 17.3 Å². The number of hydrogen-bond acceptors (Lipinski definition) is 5. The van der Waals surface area contributed by atoms with Gasteiger partial charge in [0.05, 0.1) is 29.8 Å². The molecule has 6 nitrogen and oxygen atoms in total. The quantitative estimate of drug-likeness (QED) is 0.676. The summed E-state index contributed by atoms with van der Waals surface area (Å²) < 4.78 is 56.7. The fourth-order valence-corrected chi connectivity index (χ4v) is 6.43. The number of methoxy groups -OCH3 is 1. The van der Waals surface area contributed by atoms with Gasteiger partial charge in [-0.3, -0.25) is 9.78 Å². The number of hydrogen-bond donors (Lipinski definition) is 0. The summed E-state index contributed by atoms with van der Waals surface area (Å²) in [6.07, 6.45) is 1.13. The third-order valence-electron chi connectivity index (χ3n) is 8.14. The minimum absolute atomic E-state index is 0.0332. The predicted molar refractivity (Wildman–Crippen MR) is 112 cm³/mol. The molecule has 0 radical (unpaired) electrons. The summed E-state index contributed by atoms with van der Waals surface area (Å²) in [4.78, 5) is 19.6. The monoisotopic (exact) mass is 468 g/mol. The molecule has 5 rings (SSSR count). The highest BCUT2D eigenvalue weighted by atomic mass is 19.4. The van der Waals surface area contributed by atoms with Gasteiger partial charge in [0.1, 0.15) is 0 Å². The first-order chi connectivity index (χ1) is 15.8. The third kappa shape index (κ3) is 4.28. The van der Waals surface area contributed by atoms with Crippen LogP contribution in [0.3, 0.4) is 0 Å². The lowest BCUT2D eigenvalue weighted by Crippen LogP contribution is -2.48. The van der Waals surface area contributed by atoms with E-state index < -0.39 is 17.2 Å². The van der Waals surface area contributed by atoms with Crippen LogP contribution in [0.4, 0.5) is 13.2 Å². The molecule has 1 amide bonds. The van der Waals surface area contributed by atoms with Crippen molar-refractivity contribution in [1.82, 2.24) is 9.88 Å². The van der Waals surface area contributed by atoms with Crippen LogP contribution in [0.2, 0.25) is 0 Å². The van der Waals surface area contributed by atoms with Gasteiger partial charge < -0.3 is 19.1 Å². The Morgan fingerprint density at radius 3 is 3.00 bits per heavy atom. The second kappa shape index (κ2) is 8.82. The lowest BCUT2D eigenvalue weighted by molar-refractivity contribution is -0.145. The summed E-state index contributed by atoms with van der Waals surface area (Å²) in [6.45, 7) is 2.57. The molecule has 3 aliphatic heterocycles. The normalized spacial score (nSPS) is 34.2. The van der Waals surface area contributed by atoms with Gasteiger partial charge in [-0.05, 0) is 55.6 Å². The molecular weight excluding hydrogens is 437 g/mol. The van der Waals surface area contributed by atoms with E-state index in [2.05, 4.69) is 4.98 Å². The van der Waals surface area contributed by atoms with Crippen LogP contribution in [-0.4, -0.2) is 61.5 Å². The van der Waals surface area contributed by atoms with Crippen LogP contribution in [0, 0.1) is 17.3 Å². The van der Waals surface area contributed by atoms with Crippen molar-refractivity contribution in [1.29, 1.82) is 0 Å². The van der Waals surface area contributed by atoms with Crippen LogP contribution in [0.1, 0.15) is 48.9 Å². The first-order valence-corrected chi connectivity index (χ1v) is 11.9. The molecule has 1 aliphatic carbocycles. The van der Waals surface area contributed by atoms with Crippen molar-refractivity contribution in [2.75, 3.05) is 33.5 Å². The first-order valence-electron chi connectivity index (χ1n) is 11.9. The molecule has 3 fully saturated rings. The van der Waals surface area contributed by atoms with E-state index >= 15 is 0 Å². The van der Waals surface area contributed by atoms with E-state index in [-0.39, 0.29) is 24.7 Å². The van der Waals surface area contributed by atoms with Gasteiger partial charge >= 0.3 is 6.18 Å². The smallest absolute Gasteiger partial charge is 0.379 e. The molecule has 1 aromatic rings. The Labute approximate surface area is 191 Å². The van der Waals surface area contributed by atoms with Gasteiger partial charge in [-0.25, -0.2) is 0 Å². The molecule has 1 saturated carbocycles. The van der Waals surface area contributed by atoms with Gasteiger partial charge in [-0.15, -0.1) is 0 Å². The van der Waals surface area contributed by atoms with E-state index in [0.717, 1.165) is 44.6 Å². The summed E-state index contributed by atoms with van der Waals surface area (Å²) in [5.41, 5.74) is -0.180. The Balaban J connectivity index is 1.31. The third-order valence-corrected chi connectivity index (χ3v) is 8.14. The van der Waals surface area contributed by atoms with Crippen molar-refractivity contribution in [3.8, 4) is 0 Å². The van der Waals surface area contributed by atoms with E-state index in [1.807, 2.05) is 0 Å². The molecule has 0 bridgehead atoms. The maximum Gasteiger partial charge on any atom is 0.417 e. The van der Waals surface area contributed by atoms with Crippen molar-refractivity contribution in [3.63, 3.8) is 0 Å². The van der Waals surface area contributed by atoms with Gasteiger partial charge in [-0.1, -0.05) is 0 Å². The number of halogens is 3. The average molecular weight is 469 g/mol. The van der Waals surface area contributed by atoms with Crippen LogP contribution in [0.25, 0.3) is 0 Å². The SMILES string of the molecule is CO[C@H]1COCC[C@@H]1C[C@@H]1C[C@H]2OCC[C@@]2(C(=O)N2CCc3ncc(C(F)(F)F)cc3C2)C1. The van der Waals surface area contributed by atoms with Crippen molar-refractivity contribution < 1.29 is 32.2 Å². The Morgan fingerprint density at radius 2 is 2.21 bits per heavy atom. The molecule has 2 saturated heterocycles. The van der Waals surface area contributed by atoms with Gasteiger partial charge in [0.25, 0.3) is 0 Å². The number of nitrogens with zero attached hydrogens (tertiary/aromatic N) is 2. The van der Waals surface area contributed by atoms with E-state index in [9.17, 15) is 18.0 Å². The number of carbonyl (C=O) groups excluding carboxylic acids is 1. The highest BCUT2D eigenvalue weighted by Gasteiger charge is 2.57. The number of carbonyl (C=O) groups is 1. The van der Waals surface area contributed by atoms with Crippen molar-refractivity contribution >= 4 is 5.91 Å². The van der Waals surface area contributed by atoms with E-state index in [1.54, 1.807) is 12.0 Å². The minimum Gasteiger partial charge on any atom is -0.379 e. The van der Waals surface area contributed by atoms with Gasteiger partial charge in [0.15, 0.2) is 0 Å². The molecule has 0 N–H and O–H groups in total. The maximum absolute atomic E-state index is 13.8. The largest absolute Gasteiger partial charge is 0.417 e. The number of amides is 1. The Morgan fingerprint density at radius 1 is 1.36 bits per heavy atom. The molecule has 5 atom stereocenters. The molecule has 4 aliphatic rings. The van der Waals surface area contributed by atoms with Crippen LogP contribution in [0.5, 0.6) is 0 Å². The van der Waals surface area contributed by atoms with Crippen LogP contribution >= 0.6 is 0 Å². The summed E-state index contributed by atoms with van der Waals surface area (Å²) in [5.74, 6) is 0.815. The zero-order valence-corrected chi connectivity index (χ0v) is 18.9. The summed E-state index contributed by atoms with van der Waals surface area (Å²) >= 11 is 0. The molecular formula is C24H31F3N2O4. The van der Waals surface area contributed by atoms with Crippen molar-refractivity contribution in [3.05, 3.63) is 29.1 Å². The lowest BCUT2D eigenvalue weighted by Gasteiger charge is -2.37. The number of rotatable bonds is 4. The van der Waals surface area contributed by atoms with E-state index in [1.165, 1.54) is 0 Å². The Hall–Kier alpha value is -1.71. The molecule has 33 heavy (non-hydrogen) atoms. The Bertz CT molecular complexity index is 895. The number of pyridine rings is 1. The summed E-state index contributed by atoms with van der Waals surface area (Å²) in [7, 11) is 1.72. The highest BCUT2D eigenvalue weighted by Crippen LogP contribution is 2.53. The number of alkyl halides is 3. The summed E-state index contributed by atoms with van der Waals surface area (Å²) in [5, 5.41) is 0. The molecule has 0 unspecified atom stereocenters. The zero-order chi connectivity index (χ0) is 23.2. The summed E-state index contributed by atoms with van der Waals surface area (Å²) in [6, 6.07) is 1.15. The van der Waals surface area contributed by atoms with Crippen molar-refractivity contribution in [2.45, 2.75) is 63.5 Å². The molecule has 1 aromatic heterocycles. The second-order valence-corrected chi connectivity index (χ2v) is 10.0. The standard InChI is InChI=1S/C24H31F3N2O4/c1-31-20-14-32-6-3-16(20)8-15-9-21-23(11-15,4-7-33-21)22(30)29-5-2-19-17(13-29)10-18(12-28-19)24(25,26)27/h10,12,15-16,20-21H,2-9,11,13-14H2,1H3/t15-,16-,20+,21-,23-/m1/s1. The fraction of sp³-hybridized carbons (Fsp3) is 0.750. The minimum atomic E-state index is -4.44. The molecule has 4 heterocycles. The zero-order valence-electron chi connectivity index (χ0n) is 18.9. The average Bonchev–Trinajstić information content (AvgIpc) is 3.35. The van der Waals surface area contributed by atoms with Gasteiger partial charge in [-0.2, -0.15) is 13.2 Å². The second-order valence-electron chi connectivity index (χ2n) is 10.0. The lowest BCUT2D eigenvalue weighted by atomic mass is 9.78. The van der Waals surface area contributed by atoms with Crippen LogP contribution in [0.15, 0.2) is 12.3 Å². The molecule has 182 valence electrons.